The number of carbonyl (C=O) groups excluding carboxylic acids is 4. The maximum Gasteiger partial charge on any atom is 0.326 e. The van der Waals surface area contributed by atoms with Crippen LogP contribution in [-0.2, 0) is 36.8 Å². The topological polar surface area (TPSA) is 260 Å². The minimum absolute atomic E-state index is 0.0203. The number of carboxylic acids is 1. The molecular weight excluding hydrogens is 630 g/mol. The van der Waals surface area contributed by atoms with Crippen molar-refractivity contribution in [1.82, 2.24) is 26.3 Å². The second-order valence-corrected chi connectivity index (χ2v) is 12.2. The fourth-order valence-corrected chi connectivity index (χ4v) is 5.19. The van der Waals surface area contributed by atoms with Crippen molar-refractivity contribution in [3.05, 3.63) is 71.9 Å². The highest BCUT2D eigenvalue weighted by molar-refractivity contribution is 5.96. The van der Waals surface area contributed by atoms with Crippen LogP contribution < -0.4 is 38.5 Å². The van der Waals surface area contributed by atoms with Crippen LogP contribution in [-0.4, -0.2) is 82.4 Å². The Morgan fingerprint density at radius 3 is 2.08 bits per heavy atom. The van der Waals surface area contributed by atoms with Crippen LogP contribution in [0, 0.1) is 5.92 Å². The number of nitrogens with two attached hydrogens (primary N) is 3. The Morgan fingerprint density at radius 1 is 0.796 bits per heavy atom. The van der Waals surface area contributed by atoms with E-state index in [4.69, 9.17) is 17.2 Å². The molecule has 5 atom stereocenters. The average Bonchev–Trinajstić information content (AvgIpc) is 3.46. The average molecular weight is 678 g/mol. The number of hydrogen-bond acceptors (Lipinski definition) is 7. The third kappa shape index (κ3) is 11.6. The Labute approximate surface area is 284 Å². The lowest BCUT2D eigenvalue weighted by Gasteiger charge is -2.26. The number of amides is 4. The van der Waals surface area contributed by atoms with Crippen LogP contribution in [0.5, 0.6) is 0 Å². The lowest BCUT2D eigenvalue weighted by Crippen LogP contribution is -2.58. The van der Waals surface area contributed by atoms with Gasteiger partial charge in [0, 0.05) is 30.1 Å². The van der Waals surface area contributed by atoms with E-state index in [0.29, 0.717) is 5.56 Å². The number of guanidine groups is 1. The Bertz CT molecular complexity index is 1620. The number of benzene rings is 2. The molecule has 15 nitrogen and oxygen atoms in total. The normalized spacial score (nSPS) is 14.1. The van der Waals surface area contributed by atoms with Gasteiger partial charge in [-0.15, -0.1) is 0 Å². The van der Waals surface area contributed by atoms with Gasteiger partial charge in [0.25, 0.3) is 0 Å². The van der Waals surface area contributed by atoms with Gasteiger partial charge < -0.3 is 48.6 Å². The molecule has 0 fully saturated rings. The molecule has 0 radical (unpaired) electrons. The van der Waals surface area contributed by atoms with E-state index in [1.54, 1.807) is 20.0 Å². The summed E-state index contributed by atoms with van der Waals surface area (Å²) < 4.78 is 0. The second kappa shape index (κ2) is 18.2. The molecule has 15 heteroatoms. The molecule has 0 aliphatic rings. The SMILES string of the molecule is CC(C)[C@H](NC(=O)[C@H](Cc1c[nH]c2ccccc12)NC(=O)[C@H](CCCN=C(N)N)NC(=O)[C@H](C)NC(=O)[C@@H](N)Cc1ccccc1)C(=O)O. The van der Waals surface area contributed by atoms with Crippen molar-refractivity contribution in [3.8, 4) is 0 Å². The molecule has 2 aromatic carbocycles. The monoisotopic (exact) mass is 677 g/mol. The van der Waals surface area contributed by atoms with Gasteiger partial charge in [0.2, 0.25) is 23.6 Å². The van der Waals surface area contributed by atoms with Crippen LogP contribution in [0.1, 0.15) is 44.7 Å². The first-order chi connectivity index (χ1) is 23.3. The van der Waals surface area contributed by atoms with Crippen LogP contribution in [0.2, 0.25) is 0 Å². The molecule has 0 saturated carbocycles. The van der Waals surface area contributed by atoms with Crippen LogP contribution in [0.25, 0.3) is 10.9 Å². The first-order valence-corrected chi connectivity index (χ1v) is 16.1. The summed E-state index contributed by atoms with van der Waals surface area (Å²) in [4.78, 5) is 72.4. The zero-order valence-electron chi connectivity index (χ0n) is 27.9. The fraction of sp³-hybridized carbons (Fsp3) is 0.412. The summed E-state index contributed by atoms with van der Waals surface area (Å²) in [5.74, 6) is -4.41. The highest BCUT2D eigenvalue weighted by Gasteiger charge is 2.32. The minimum Gasteiger partial charge on any atom is -0.480 e. The Balaban J connectivity index is 1.79. The van der Waals surface area contributed by atoms with Crippen molar-refractivity contribution in [1.29, 1.82) is 0 Å². The summed E-state index contributed by atoms with van der Waals surface area (Å²) in [6.45, 7) is 4.94. The predicted octanol–water partition coefficient (Wildman–Crippen LogP) is 0.0337. The number of aliphatic imine (C=N–C) groups is 1. The third-order valence-electron chi connectivity index (χ3n) is 7.93. The van der Waals surface area contributed by atoms with E-state index in [9.17, 15) is 29.1 Å². The van der Waals surface area contributed by atoms with Crippen LogP contribution in [0.15, 0.2) is 65.8 Å². The number of aromatic amines is 1. The molecule has 0 bridgehead atoms. The fourth-order valence-electron chi connectivity index (χ4n) is 5.19. The van der Waals surface area contributed by atoms with Crippen LogP contribution in [0.3, 0.4) is 0 Å². The molecule has 49 heavy (non-hydrogen) atoms. The van der Waals surface area contributed by atoms with E-state index in [0.717, 1.165) is 16.5 Å². The number of aliphatic carboxylic acids is 1. The Morgan fingerprint density at radius 2 is 1.43 bits per heavy atom. The van der Waals surface area contributed by atoms with E-state index >= 15 is 0 Å². The molecule has 3 rings (SSSR count). The molecule has 0 spiro atoms. The third-order valence-corrected chi connectivity index (χ3v) is 7.93. The summed E-state index contributed by atoms with van der Waals surface area (Å²) >= 11 is 0. The van der Waals surface area contributed by atoms with Crippen molar-refractivity contribution in [2.24, 2.45) is 28.1 Å². The van der Waals surface area contributed by atoms with E-state index in [1.165, 1.54) is 6.92 Å². The van der Waals surface area contributed by atoms with Gasteiger partial charge >= 0.3 is 5.97 Å². The van der Waals surface area contributed by atoms with Gasteiger partial charge in [-0.1, -0.05) is 62.4 Å². The quantitative estimate of drug-likeness (QED) is 0.0499. The number of carboxylic acid groups (broad SMARTS) is 1. The highest BCUT2D eigenvalue weighted by Crippen LogP contribution is 2.19. The summed E-state index contributed by atoms with van der Waals surface area (Å²) in [6.07, 6.45) is 2.36. The van der Waals surface area contributed by atoms with E-state index in [2.05, 4.69) is 31.2 Å². The van der Waals surface area contributed by atoms with Crippen molar-refractivity contribution in [3.63, 3.8) is 0 Å². The summed E-state index contributed by atoms with van der Waals surface area (Å²) in [6, 6.07) is 11.0. The summed E-state index contributed by atoms with van der Waals surface area (Å²) in [5.41, 5.74) is 19.3. The lowest BCUT2D eigenvalue weighted by atomic mass is 10.0. The molecule has 12 N–H and O–H groups in total. The standard InChI is InChI=1S/C34H47N9O6/c1-19(2)28(33(48)49)43-32(47)27(17-22-18-39-25-13-8-7-12-23(22)25)42-31(46)26(14-9-15-38-34(36)37)41-29(44)20(3)40-30(45)24(35)16-21-10-5-4-6-11-21/h4-8,10-13,18-20,24,26-28,39H,9,14-17,35H2,1-3H3,(H,40,45)(H,41,44)(H,42,46)(H,43,47)(H,48,49)(H4,36,37,38)/t20-,24-,26-,27-,28-/m0/s1. The van der Waals surface area contributed by atoms with Gasteiger partial charge in [0.1, 0.15) is 24.2 Å². The van der Waals surface area contributed by atoms with Crippen LogP contribution in [0.4, 0.5) is 0 Å². The molecule has 1 aromatic heterocycles. The number of carbonyl (C=O) groups is 5. The highest BCUT2D eigenvalue weighted by atomic mass is 16.4. The molecular formula is C34H47N9O6. The first kappa shape index (κ1) is 38.0. The zero-order chi connectivity index (χ0) is 36.1. The molecule has 1 heterocycles. The number of rotatable bonds is 18. The smallest absolute Gasteiger partial charge is 0.326 e. The van der Waals surface area contributed by atoms with Gasteiger partial charge in [-0.05, 0) is 49.3 Å². The number of aromatic nitrogens is 1. The van der Waals surface area contributed by atoms with E-state index in [1.807, 2.05) is 54.6 Å². The second-order valence-electron chi connectivity index (χ2n) is 12.2. The molecule has 0 saturated heterocycles. The zero-order valence-corrected chi connectivity index (χ0v) is 27.9. The number of H-pyrrole nitrogens is 1. The number of para-hydroxylation sites is 1. The van der Waals surface area contributed by atoms with Gasteiger partial charge in [0.05, 0.1) is 6.04 Å². The van der Waals surface area contributed by atoms with Crippen molar-refractivity contribution in [2.75, 3.05) is 6.54 Å². The molecule has 264 valence electrons. The first-order valence-electron chi connectivity index (χ1n) is 16.1. The number of fused-ring (bicyclic) bond motifs is 1. The molecule has 0 aliphatic heterocycles. The van der Waals surface area contributed by atoms with Crippen molar-refractivity contribution >= 4 is 46.5 Å². The molecule has 0 aliphatic carbocycles. The van der Waals surface area contributed by atoms with Gasteiger partial charge in [-0.3, -0.25) is 24.2 Å². The maximum absolute atomic E-state index is 13.8. The Kier molecular flexibility index (Phi) is 14.1. The van der Waals surface area contributed by atoms with Gasteiger partial charge in [0.15, 0.2) is 5.96 Å². The number of nitrogens with zero attached hydrogens (tertiary/aromatic N) is 1. The van der Waals surface area contributed by atoms with Crippen molar-refractivity contribution < 1.29 is 29.1 Å². The van der Waals surface area contributed by atoms with Crippen LogP contribution >= 0.6 is 0 Å². The summed E-state index contributed by atoms with van der Waals surface area (Å²) in [5, 5.41) is 21.0. The molecule has 0 unspecified atom stereocenters. The summed E-state index contributed by atoms with van der Waals surface area (Å²) in [7, 11) is 0. The maximum atomic E-state index is 13.8. The van der Waals surface area contributed by atoms with E-state index < -0.39 is 65.7 Å². The van der Waals surface area contributed by atoms with E-state index in [-0.39, 0.29) is 38.2 Å². The predicted molar refractivity (Wildman–Crippen MR) is 186 cm³/mol. The minimum atomic E-state index is -1.22. The largest absolute Gasteiger partial charge is 0.480 e. The molecule has 4 amide bonds. The molecule has 3 aromatic rings. The lowest BCUT2D eigenvalue weighted by molar-refractivity contribution is -0.143. The number of nitrogens with one attached hydrogen (secondary N) is 5. The van der Waals surface area contributed by atoms with Gasteiger partial charge in [-0.25, -0.2) is 4.79 Å². The van der Waals surface area contributed by atoms with Crippen molar-refractivity contribution in [2.45, 2.75) is 76.7 Å². The Hall–Kier alpha value is -5.44. The van der Waals surface area contributed by atoms with Gasteiger partial charge in [-0.2, -0.15) is 0 Å². The number of hydrogen-bond donors (Lipinski definition) is 9.